The van der Waals surface area contributed by atoms with Crippen molar-refractivity contribution in [3.8, 4) is 16.9 Å². The molecular formula is C49H55N7O9S. The lowest BCUT2D eigenvalue weighted by atomic mass is 9.82. The molecule has 0 aromatic heterocycles. The maximum absolute atomic E-state index is 14.0. The zero-order valence-corrected chi connectivity index (χ0v) is 37.7. The van der Waals surface area contributed by atoms with Crippen molar-refractivity contribution in [1.82, 2.24) is 24.3 Å². The molecule has 5 aliphatic rings. The molecule has 5 heterocycles. The monoisotopic (exact) mass is 917 g/mol. The number of piperidine rings is 1. The van der Waals surface area contributed by atoms with Crippen LogP contribution in [0.2, 0.25) is 0 Å². The number of carbonyl (C=O) groups excluding carboxylic acids is 5. The van der Waals surface area contributed by atoms with Crippen LogP contribution in [0.1, 0.15) is 71.6 Å². The molecule has 4 aromatic carbocycles. The number of amides is 5. The highest BCUT2D eigenvalue weighted by Gasteiger charge is 2.49. The number of aliphatic hydroxyl groups is 1. The van der Waals surface area contributed by atoms with E-state index in [2.05, 4.69) is 20.9 Å². The molecule has 17 heteroatoms. The van der Waals surface area contributed by atoms with Crippen LogP contribution in [0, 0.1) is 12.8 Å². The lowest BCUT2D eigenvalue weighted by Gasteiger charge is -2.39. The maximum atomic E-state index is 14.0. The van der Waals surface area contributed by atoms with Gasteiger partial charge in [-0.15, -0.1) is 0 Å². The van der Waals surface area contributed by atoms with Gasteiger partial charge in [-0.2, -0.15) is 4.31 Å². The largest absolute Gasteiger partial charge is 0.493 e. The Labute approximate surface area is 384 Å². The molecule has 0 radical (unpaired) electrons. The molecule has 5 aliphatic heterocycles. The van der Waals surface area contributed by atoms with Gasteiger partial charge in [0.1, 0.15) is 11.8 Å². The van der Waals surface area contributed by atoms with Crippen LogP contribution in [0.4, 0.5) is 11.4 Å². The first-order valence-corrected chi connectivity index (χ1v) is 24.2. The second kappa shape index (κ2) is 19.0. The third-order valence-corrected chi connectivity index (χ3v) is 15.5. The number of aryl methyl sites for hydroxylation is 1. The Morgan fingerprint density at radius 3 is 2.47 bits per heavy atom. The van der Waals surface area contributed by atoms with Gasteiger partial charge in [0.05, 0.1) is 43.3 Å². The summed E-state index contributed by atoms with van der Waals surface area (Å²) in [4.78, 5) is 69.1. The van der Waals surface area contributed by atoms with Crippen LogP contribution in [0.5, 0.6) is 5.75 Å². The summed E-state index contributed by atoms with van der Waals surface area (Å²) in [6.45, 7) is 5.42. The number of benzene rings is 4. The van der Waals surface area contributed by atoms with Gasteiger partial charge in [0, 0.05) is 74.0 Å². The summed E-state index contributed by atoms with van der Waals surface area (Å²) in [6, 6.07) is 24.2. The summed E-state index contributed by atoms with van der Waals surface area (Å²) in [6.07, 6.45) is 2.50. The molecule has 0 spiro atoms. The number of piperazine rings is 1. The van der Waals surface area contributed by atoms with E-state index in [-0.39, 0.29) is 73.0 Å². The average Bonchev–Trinajstić information content (AvgIpc) is 3.91. The number of aliphatic hydroxyl groups excluding tert-OH is 1. The Morgan fingerprint density at radius 1 is 0.879 bits per heavy atom. The van der Waals surface area contributed by atoms with E-state index in [1.807, 2.05) is 55.5 Å². The molecule has 3 fully saturated rings. The van der Waals surface area contributed by atoms with E-state index >= 15 is 0 Å². The Hall–Kier alpha value is -6.14. The highest BCUT2D eigenvalue weighted by Crippen LogP contribution is 2.49. The molecule has 4 atom stereocenters. The van der Waals surface area contributed by atoms with Crippen molar-refractivity contribution < 1.29 is 42.2 Å². The van der Waals surface area contributed by atoms with E-state index < -0.39 is 28.0 Å². The minimum Gasteiger partial charge on any atom is -0.493 e. The summed E-state index contributed by atoms with van der Waals surface area (Å²) in [7, 11) is -3.81. The molecule has 4 N–H and O–H groups in total. The lowest BCUT2D eigenvalue weighted by molar-refractivity contribution is -0.137. The van der Waals surface area contributed by atoms with Gasteiger partial charge in [0.25, 0.3) is 5.91 Å². The van der Waals surface area contributed by atoms with E-state index in [1.54, 1.807) is 45.6 Å². The fourth-order valence-electron chi connectivity index (χ4n) is 10.1. The number of imide groups is 1. The number of carbonyl (C=O) groups is 5. The van der Waals surface area contributed by atoms with E-state index in [0.717, 1.165) is 33.5 Å². The molecule has 1 unspecified atom stereocenters. The molecule has 5 amide bonds. The van der Waals surface area contributed by atoms with Crippen molar-refractivity contribution in [2.75, 3.05) is 63.1 Å². The molecule has 0 bridgehead atoms. The van der Waals surface area contributed by atoms with E-state index in [1.165, 1.54) is 4.90 Å². The van der Waals surface area contributed by atoms with Crippen molar-refractivity contribution in [3.63, 3.8) is 0 Å². The number of hydrogen-bond donors (Lipinski definition) is 4. The van der Waals surface area contributed by atoms with Crippen LogP contribution in [-0.4, -0.2) is 127 Å². The Morgan fingerprint density at radius 2 is 1.68 bits per heavy atom. The molecule has 0 aliphatic carbocycles. The second-order valence-corrected chi connectivity index (χ2v) is 19.7. The highest BCUT2D eigenvalue weighted by molar-refractivity contribution is 7.89. The van der Waals surface area contributed by atoms with Crippen LogP contribution in [0.15, 0.2) is 89.8 Å². The number of nitrogens with one attached hydrogen (secondary N) is 3. The van der Waals surface area contributed by atoms with Crippen molar-refractivity contribution in [2.24, 2.45) is 5.92 Å². The van der Waals surface area contributed by atoms with Crippen LogP contribution >= 0.6 is 0 Å². The number of anilines is 2. The van der Waals surface area contributed by atoms with Crippen molar-refractivity contribution in [1.29, 1.82) is 0 Å². The smallest absolute Gasteiger partial charge is 0.255 e. The van der Waals surface area contributed by atoms with E-state index in [4.69, 9.17) is 4.74 Å². The fourth-order valence-corrected chi connectivity index (χ4v) is 11.8. The second-order valence-electron chi connectivity index (χ2n) is 17.8. The van der Waals surface area contributed by atoms with Gasteiger partial charge in [0.15, 0.2) is 0 Å². The summed E-state index contributed by atoms with van der Waals surface area (Å²) in [5.74, 6) is -0.717. The third-order valence-electron chi connectivity index (χ3n) is 13.6. The summed E-state index contributed by atoms with van der Waals surface area (Å²) in [5.41, 5.74) is 6.19. The standard InChI is InChI=1S/C49H55N7O9S/c1-31-11-14-35(15-12-31)66(63,64)56-22-19-37-41(30-57)51-40-16-13-33(27-38(40)47(37)56)32-6-2-7-34(26-32)50-44(58)10-4-21-54-24-23-53(29-46(54)60)20-5-25-65-43-9-3-8-36-39(43)28-55(49(36)62)42-17-18-45(59)52-48(42)61/h2-3,6-9,11-16,26-27,37,41-42,47,51,57H,4-5,10,17-25,28-30H2,1H3,(H,50,58)(H,52,59,61)/t37-,41+,42?,47-/m1/s1. The first-order valence-electron chi connectivity index (χ1n) is 22.8. The molecule has 66 heavy (non-hydrogen) atoms. The van der Waals surface area contributed by atoms with E-state index in [0.29, 0.717) is 82.0 Å². The highest BCUT2D eigenvalue weighted by atomic mass is 32.2. The quantitative estimate of drug-likeness (QED) is 0.0981. The number of hydrogen-bond acceptors (Lipinski definition) is 11. The van der Waals surface area contributed by atoms with Crippen LogP contribution in [0.3, 0.4) is 0 Å². The Kier molecular flexibility index (Phi) is 13.0. The predicted octanol–water partition coefficient (Wildman–Crippen LogP) is 4.29. The van der Waals surface area contributed by atoms with Gasteiger partial charge >= 0.3 is 0 Å². The number of ether oxygens (including phenoxy) is 1. The number of fused-ring (bicyclic) bond motifs is 4. The van der Waals surface area contributed by atoms with Gasteiger partial charge < -0.3 is 30.3 Å². The molecular weight excluding hydrogens is 863 g/mol. The minimum absolute atomic E-state index is 0.00938. The summed E-state index contributed by atoms with van der Waals surface area (Å²) < 4.78 is 35.7. The topological polar surface area (TPSA) is 198 Å². The predicted molar refractivity (Wildman–Crippen MR) is 246 cm³/mol. The van der Waals surface area contributed by atoms with Gasteiger partial charge in [-0.25, -0.2) is 8.42 Å². The molecule has 0 saturated carbocycles. The summed E-state index contributed by atoms with van der Waals surface area (Å²) in [5, 5.41) is 19.1. The minimum atomic E-state index is -3.81. The fraction of sp³-hybridized carbons (Fsp3) is 0.408. The van der Waals surface area contributed by atoms with Crippen molar-refractivity contribution >= 4 is 50.9 Å². The maximum Gasteiger partial charge on any atom is 0.255 e. The van der Waals surface area contributed by atoms with Crippen LogP contribution in [0.25, 0.3) is 11.1 Å². The zero-order chi connectivity index (χ0) is 46.1. The molecule has 9 rings (SSSR count). The average molecular weight is 918 g/mol. The first kappa shape index (κ1) is 45.0. The van der Waals surface area contributed by atoms with Gasteiger partial charge in [0.2, 0.25) is 33.7 Å². The molecule has 346 valence electrons. The van der Waals surface area contributed by atoms with Crippen LogP contribution < -0.4 is 20.7 Å². The lowest BCUT2D eigenvalue weighted by Crippen LogP contribution is -2.52. The third kappa shape index (κ3) is 9.17. The van der Waals surface area contributed by atoms with Gasteiger partial charge in [-0.1, -0.05) is 42.0 Å². The SMILES string of the molecule is Cc1ccc(S(=O)(=O)N2CC[C@@H]3[C@H](CO)Nc4ccc(-c5cccc(NC(=O)CCCN6CCN(CCCOc7cccc8c7CN(C7CCC(=O)NC7=O)C8=O)CC6=O)c5)cc4[C@@H]32)cc1. The molecule has 4 aromatic rings. The summed E-state index contributed by atoms with van der Waals surface area (Å²) >= 11 is 0. The molecule has 3 saturated heterocycles. The van der Waals surface area contributed by atoms with Crippen molar-refractivity contribution in [2.45, 2.75) is 75.0 Å². The van der Waals surface area contributed by atoms with Crippen LogP contribution in [-0.2, 0) is 35.7 Å². The Bertz CT molecular complexity index is 2660. The molecule has 16 nitrogen and oxygen atoms in total. The normalized spacial score (nSPS) is 22.1. The Balaban J connectivity index is 0.739. The number of rotatable bonds is 15. The van der Waals surface area contributed by atoms with Crippen molar-refractivity contribution in [3.05, 3.63) is 107 Å². The van der Waals surface area contributed by atoms with E-state index in [9.17, 15) is 37.5 Å². The zero-order valence-electron chi connectivity index (χ0n) is 36.9. The van der Waals surface area contributed by atoms with Gasteiger partial charge in [-0.3, -0.25) is 34.2 Å². The first-order chi connectivity index (χ1) is 31.9. The number of nitrogens with zero attached hydrogens (tertiary/aromatic N) is 4. The van der Waals surface area contributed by atoms with Gasteiger partial charge in [-0.05, 0) is 97.8 Å². The number of sulfonamides is 1.